The number of carbonyl (C=O) groups excluding carboxylic acids is 1. The first kappa shape index (κ1) is 16.7. The first-order valence-corrected chi connectivity index (χ1v) is 10.2. The number of piperazine rings is 1. The topological polar surface area (TPSA) is 36.4 Å². The van der Waals surface area contributed by atoms with Crippen molar-refractivity contribution in [2.45, 2.75) is 32.2 Å². The molecular weight excluding hydrogens is 330 g/mol. The van der Waals surface area contributed by atoms with E-state index in [0.29, 0.717) is 11.8 Å². The van der Waals surface area contributed by atoms with Gasteiger partial charge in [0, 0.05) is 43.0 Å². The minimum absolute atomic E-state index is 0.305. The summed E-state index contributed by atoms with van der Waals surface area (Å²) in [5, 5.41) is 3.30. The number of amides is 1. The summed E-state index contributed by atoms with van der Waals surface area (Å²) in [5.41, 5.74) is 2.24. The molecule has 4 rings (SSSR count). The van der Waals surface area contributed by atoms with E-state index in [2.05, 4.69) is 39.4 Å². The van der Waals surface area contributed by atoms with Gasteiger partial charge in [-0.3, -0.25) is 9.69 Å². The van der Waals surface area contributed by atoms with E-state index in [1.54, 1.807) is 11.3 Å². The van der Waals surface area contributed by atoms with Crippen molar-refractivity contribution in [3.8, 4) is 11.3 Å². The molecule has 4 nitrogen and oxygen atoms in total. The van der Waals surface area contributed by atoms with Gasteiger partial charge in [-0.2, -0.15) is 0 Å². The van der Waals surface area contributed by atoms with E-state index in [9.17, 15) is 4.79 Å². The summed E-state index contributed by atoms with van der Waals surface area (Å²) < 4.78 is 0. The molecule has 1 saturated heterocycles. The van der Waals surface area contributed by atoms with Gasteiger partial charge in [0.05, 0.1) is 12.2 Å². The van der Waals surface area contributed by atoms with Gasteiger partial charge >= 0.3 is 0 Å². The van der Waals surface area contributed by atoms with E-state index in [1.807, 2.05) is 6.07 Å². The van der Waals surface area contributed by atoms with Crippen molar-refractivity contribution in [1.82, 2.24) is 14.8 Å². The zero-order valence-corrected chi connectivity index (χ0v) is 15.4. The molecule has 1 aromatic heterocycles. The van der Waals surface area contributed by atoms with Gasteiger partial charge in [-0.05, 0) is 12.8 Å². The third-order valence-corrected chi connectivity index (χ3v) is 6.20. The van der Waals surface area contributed by atoms with Crippen LogP contribution in [0, 0.1) is 5.92 Å². The highest BCUT2D eigenvalue weighted by atomic mass is 32.1. The van der Waals surface area contributed by atoms with Crippen LogP contribution in [0.3, 0.4) is 0 Å². The maximum Gasteiger partial charge on any atom is 0.225 e. The van der Waals surface area contributed by atoms with E-state index in [4.69, 9.17) is 4.98 Å². The maximum absolute atomic E-state index is 12.5. The van der Waals surface area contributed by atoms with E-state index in [0.717, 1.165) is 56.3 Å². The predicted octanol–water partition coefficient (Wildman–Crippen LogP) is 3.64. The second kappa shape index (κ2) is 7.67. The Morgan fingerprint density at radius 3 is 2.52 bits per heavy atom. The molecule has 2 aliphatic rings. The summed E-state index contributed by atoms with van der Waals surface area (Å²) in [6.07, 6.45) is 4.65. The largest absolute Gasteiger partial charge is 0.340 e. The summed E-state index contributed by atoms with van der Waals surface area (Å²) in [7, 11) is 0. The van der Waals surface area contributed by atoms with E-state index in [1.165, 1.54) is 18.4 Å². The number of thiazole rings is 1. The Morgan fingerprint density at radius 1 is 1.08 bits per heavy atom. The molecule has 1 amide bonds. The second-order valence-electron chi connectivity index (χ2n) is 7.08. The van der Waals surface area contributed by atoms with Crippen LogP contribution in [0.25, 0.3) is 11.3 Å². The van der Waals surface area contributed by atoms with Crippen molar-refractivity contribution >= 4 is 17.2 Å². The molecule has 2 fully saturated rings. The van der Waals surface area contributed by atoms with Crippen LogP contribution in [0.4, 0.5) is 0 Å². The van der Waals surface area contributed by atoms with Crippen molar-refractivity contribution in [3.63, 3.8) is 0 Å². The molecule has 0 N–H and O–H groups in total. The van der Waals surface area contributed by atoms with Gasteiger partial charge in [-0.15, -0.1) is 11.3 Å². The molecule has 1 aliphatic carbocycles. The van der Waals surface area contributed by atoms with Gasteiger partial charge in [-0.1, -0.05) is 43.2 Å². The van der Waals surface area contributed by atoms with Crippen molar-refractivity contribution in [2.24, 2.45) is 5.92 Å². The van der Waals surface area contributed by atoms with Crippen molar-refractivity contribution in [3.05, 3.63) is 40.7 Å². The third-order valence-electron chi connectivity index (χ3n) is 5.37. The van der Waals surface area contributed by atoms with Crippen LogP contribution in [0.1, 0.15) is 30.7 Å². The van der Waals surface area contributed by atoms with Gasteiger partial charge < -0.3 is 4.90 Å². The minimum atomic E-state index is 0.305. The first-order valence-electron chi connectivity index (χ1n) is 9.30. The highest BCUT2D eigenvalue weighted by molar-refractivity contribution is 7.09. The standard InChI is InChI=1S/C20H25N3OS/c24-20(17-8-4-5-9-17)23-12-10-22(11-13-23)14-19-21-18(15-25-19)16-6-2-1-3-7-16/h1-3,6-7,15,17H,4-5,8-14H2. The van der Waals surface area contributed by atoms with Crippen LogP contribution in [-0.2, 0) is 11.3 Å². The molecule has 0 bridgehead atoms. The molecule has 1 saturated carbocycles. The molecule has 2 aromatic rings. The number of carbonyl (C=O) groups is 1. The number of rotatable bonds is 4. The van der Waals surface area contributed by atoms with Gasteiger partial charge in [0.25, 0.3) is 0 Å². The van der Waals surface area contributed by atoms with E-state index < -0.39 is 0 Å². The maximum atomic E-state index is 12.5. The fourth-order valence-electron chi connectivity index (χ4n) is 3.87. The molecule has 0 spiro atoms. The lowest BCUT2D eigenvalue weighted by molar-refractivity contribution is -0.137. The minimum Gasteiger partial charge on any atom is -0.340 e. The van der Waals surface area contributed by atoms with Gasteiger partial charge in [0.1, 0.15) is 5.01 Å². The average molecular weight is 356 g/mol. The fourth-order valence-corrected chi connectivity index (χ4v) is 4.72. The predicted molar refractivity (Wildman–Crippen MR) is 101 cm³/mol. The molecule has 5 heteroatoms. The van der Waals surface area contributed by atoms with Crippen LogP contribution in [-0.4, -0.2) is 46.9 Å². The molecule has 1 aromatic carbocycles. The SMILES string of the molecule is O=C(C1CCCC1)N1CCN(Cc2nc(-c3ccccc3)cs2)CC1. The van der Waals surface area contributed by atoms with Crippen LogP contribution in [0.2, 0.25) is 0 Å². The molecule has 0 radical (unpaired) electrons. The zero-order valence-electron chi connectivity index (χ0n) is 14.6. The Hall–Kier alpha value is -1.72. The molecular formula is C20H25N3OS. The summed E-state index contributed by atoms with van der Waals surface area (Å²) in [4.78, 5) is 21.8. The summed E-state index contributed by atoms with van der Waals surface area (Å²) >= 11 is 1.73. The van der Waals surface area contributed by atoms with Crippen LogP contribution < -0.4 is 0 Å². The van der Waals surface area contributed by atoms with Gasteiger partial charge in [0.2, 0.25) is 5.91 Å². The molecule has 2 heterocycles. The Morgan fingerprint density at radius 2 is 1.80 bits per heavy atom. The molecule has 1 aliphatic heterocycles. The molecule has 0 atom stereocenters. The Bertz CT molecular complexity index is 701. The normalized spacial score (nSPS) is 19.4. The molecule has 0 unspecified atom stereocenters. The van der Waals surface area contributed by atoms with E-state index >= 15 is 0 Å². The summed E-state index contributed by atoms with van der Waals surface area (Å²) in [6, 6.07) is 10.3. The Kier molecular flexibility index (Phi) is 5.13. The van der Waals surface area contributed by atoms with Crippen LogP contribution in [0.15, 0.2) is 35.7 Å². The number of benzene rings is 1. The highest BCUT2D eigenvalue weighted by Crippen LogP contribution is 2.27. The number of nitrogens with zero attached hydrogens (tertiary/aromatic N) is 3. The number of hydrogen-bond donors (Lipinski definition) is 0. The molecule has 25 heavy (non-hydrogen) atoms. The lowest BCUT2D eigenvalue weighted by Gasteiger charge is -2.35. The lowest BCUT2D eigenvalue weighted by atomic mass is 10.1. The van der Waals surface area contributed by atoms with Gasteiger partial charge in [-0.25, -0.2) is 4.98 Å². The van der Waals surface area contributed by atoms with Crippen molar-refractivity contribution in [2.75, 3.05) is 26.2 Å². The summed E-state index contributed by atoms with van der Waals surface area (Å²) in [5.74, 6) is 0.705. The Labute approximate surface area is 153 Å². The molecule has 132 valence electrons. The lowest BCUT2D eigenvalue weighted by Crippen LogP contribution is -2.49. The van der Waals surface area contributed by atoms with Crippen molar-refractivity contribution < 1.29 is 4.79 Å². The van der Waals surface area contributed by atoms with Crippen LogP contribution in [0.5, 0.6) is 0 Å². The average Bonchev–Trinajstić information content (AvgIpc) is 3.35. The zero-order chi connectivity index (χ0) is 17.1. The van der Waals surface area contributed by atoms with E-state index in [-0.39, 0.29) is 0 Å². The number of aromatic nitrogens is 1. The monoisotopic (exact) mass is 355 g/mol. The van der Waals surface area contributed by atoms with Crippen molar-refractivity contribution in [1.29, 1.82) is 0 Å². The Balaban J connectivity index is 1.30. The third kappa shape index (κ3) is 3.93. The summed E-state index contributed by atoms with van der Waals surface area (Å²) in [6.45, 7) is 4.54. The number of hydrogen-bond acceptors (Lipinski definition) is 4. The first-order chi connectivity index (χ1) is 12.3. The van der Waals surface area contributed by atoms with Gasteiger partial charge in [0.15, 0.2) is 0 Å². The smallest absolute Gasteiger partial charge is 0.225 e. The van der Waals surface area contributed by atoms with Crippen LogP contribution >= 0.6 is 11.3 Å². The second-order valence-corrected chi connectivity index (χ2v) is 8.02. The quantitative estimate of drug-likeness (QED) is 0.840. The fraction of sp³-hybridized carbons (Fsp3) is 0.500. The highest BCUT2D eigenvalue weighted by Gasteiger charge is 2.29.